The summed E-state index contributed by atoms with van der Waals surface area (Å²) in [5.41, 5.74) is 4.96. The predicted octanol–water partition coefficient (Wildman–Crippen LogP) is 4.39. The Morgan fingerprint density at radius 3 is 2.67 bits per heavy atom. The van der Waals surface area contributed by atoms with E-state index in [0.29, 0.717) is 6.04 Å². The number of aromatic nitrogens is 1. The SMILES string of the molecule is Cc1ccc([C@@H](C)NCc2ccc3ncccc3c2)cc1. The number of nitrogens with one attached hydrogen (secondary N) is 1. The number of fused-ring (bicyclic) bond motifs is 1. The van der Waals surface area contributed by atoms with E-state index in [4.69, 9.17) is 0 Å². The second kappa shape index (κ2) is 6.06. The summed E-state index contributed by atoms with van der Waals surface area (Å²) >= 11 is 0. The van der Waals surface area contributed by atoms with Crippen molar-refractivity contribution in [3.05, 3.63) is 77.5 Å². The molecule has 2 aromatic carbocycles. The minimum atomic E-state index is 0.343. The van der Waals surface area contributed by atoms with Crippen LogP contribution in [0.4, 0.5) is 0 Å². The minimum absolute atomic E-state index is 0.343. The first-order valence-corrected chi connectivity index (χ1v) is 7.36. The number of aryl methyl sites for hydroxylation is 1. The third-order valence-electron chi connectivity index (χ3n) is 3.86. The highest BCUT2D eigenvalue weighted by atomic mass is 14.9. The third-order valence-corrected chi connectivity index (χ3v) is 3.86. The van der Waals surface area contributed by atoms with E-state index >= 15 is 0 Å². The molecule has 0 aliphatic heterocycles. The van der Waals surface area contributed by atoms with Crippen LogP contribution in [0.2, 0.25) is 0 Å². The van der Waals surface area contributed by atoms with E-state index in [-0.39, 0.29) is 0 Å². The molecule has 0 saturated heterocycles. The molecule has 0 spiro atoms. The van der Waals surface area contributed by atoms with Crippen LogP contribution in [-0.2, 0) is 6.54 Å². The molecule has 21 heavy (non-hydrogen) atoms. The van der Waals surface area contributed by atoms with Crippen molar-refractivity contribution in [3.63, 3.8) is 0 Å². The molecule has 0 unspecified atom stereocenters. The van der Waals surface area contributed by atoms with Crippen LogP contribution in [0.1, 0.15) is 29.7 Å². The molecule has 1 N–H and O–H groups in total. The fourth-order valence-corrected chi connectivity index (χ4v) is 2.48. The van der Waals surface area contributed by atoms with Crippen LogP contribution in [0.3, 0.4) is 0 Å². The molecule has 0 fully saturated rings. The zero-order valence-corrected chi connectivity index (χ0v) is 12.5. The van der Waals surface area contributed by atoms with Crippen LogP contribution in [0.25, 0.3) is 10.9 Å². The highest BCUT2D eigenvalue weighted by Crippen LogP contribution is 2.16. The van der Waals surface area contributed by atoms with E-state index in [9.17, 15) is 0 Å². The van der Waals surface area contributed by atoms with Gasteiger partial charge >= 0.3 is 0 Å². The van der Waals surface area contributed by atoms with Gasteiger partial charge in [0.15, 0.2) is 0 Å². The Kier molecular flexibility index (Phi) is 3.98. The van der Waals surface area contributed by atoms with Gasteiger partial charge in [-0.3, -0.25) is 4.98 Å². The molecule has 0 radical (unpaired) electrons. The molecule has 2 heteroatoms. The lowest BCUT2D eigenvalue weighted by Gasteiger charge is -2.15. The Morgan fingerprint density at radius 1 is 1.05 bits per heavy atom. The van der Waals surface area contributed by atoms with Gasteiger partial charge in [-0.1, -0.05) is 42.0 Å². The zero-order valence-electron chi connectivity index (χ0n) is 12.5. The Labute approximate surface area is 125 Å². The van der Waals surface area contributed by atoms with Gasteiger partial charge in [0.1, 0.15) is 0 Å². The van der Waals surface area contributed by atoms with Crippen molar-refractivity contribution in [3.8, 4) is 0 Å². The lowest BCUT2D eigenvalue weighted by molar-refractivity contribution is 0.575. The zero-order chi connectivity index (χ0) is 14.7. The van der Waals surface area contributed by atoms with Gasteiger partial charge < -0.3 is 5.32 Å². The molecule has 0 amide bonds. The molecule has 0 aliphatic rings. The number of pyridine rings is 1. The summed E-state index contributed by atoms with van der Waals surface area (Å²) in [6.07, 6.45) is 1.83. The lowest BCUT2D eigenvalue weighted by Crippen LogP contribution is -2.18. The van der Waals surface area contributed by atoms with E-state index in [2.05, 4.69) is 72.7 Å². The van der Waals surface area contributed by atoms with Gasteiger partial charge in [0.25, 0.3) is 0 Å². The van der Waals surface area contributed by atoms with E-state index < -0.39 is 0 Å². The molecule has 1 atom stereocenters. The van der Waals surface area contributed by atoms with Gasteiger partial charge in [-0.15, -0.1) is 0 Å². The summed E-state index contributed by atoms with van der Waals surface area (Å²) in [6, 6.07) is 19.6. The van der Waals surface area contributed by atoms with Crippen molar-refractivity contribution in [2.24, 2.45) is 0 Å². The van der Waals surface area contributed by atoms with E-state index in [1.54, 1.807) is 0 Å². The molecule has 1 aromatic heterocycles. The summed E-state index contributed by atoms with van der Waals surface area (Å²) in [5, 5.41) is 4.77. The summed E-state index contributed by atoms with van der Waals surface area (Å²) in [6.45, 7) is 5.18. The molecule has 0 bridgehead atoms. The number of hydrogen-bond acceptors (Lipinski definition) is 2. The Morgan fingerprint density at radius 2 is 1.86 bits per heavy atom. The fourth-order valence-electron chi connectivity index (χ4n) is 2.48. The Balaban J connectivity index is 1.69. The molecule has 0 aliphatic carbocycles. The van der Waals surface area contributed by atoms with Gasteiger partial charge in [0.2, 0.25) is 0 Å². The monoisotopic (exact) mass is 276 g/mol. The van der Waals surface area contributed by atoms with E-state index in [0.717, 1.165) is 12.1 Å². The molecule has 3 aromatic rings. The van der Waals surface area contributed by atoms with Gasteiger partial charge in [0, 0.05) is 24.2 Å². The summed E-state index contributed by atoms with van der Waals surface area (Å²) in [4.78, 5) is 4.35. The van der Waals surface area contributed by atoms with Gasteiger partial charge in [-0.2, -0.15) is 0 Å². The topological polar surface area (TPSA) is 24.9 Å². The quantitative estimate of drug-likeness (QED) is 0.764. The Bertz CT molecular complexity index is 732. The first-order valence-electron chi connectivity index (χ1n) is 7.36. The highest BCUT2D eigenvalue weighted by Gasteiger charge is 2.05. The number of nitrogens with zero attached hydrogens (tertiary/aromatic N) is 1. The van der Waals surface area contributed by atoms with Crippen LogP contribution in [-0.4, -0.2) is 4.98 Å². The average Bonchev–Trinajstić information content (AvgIpc) is 2.53. The molecule has 3 rings (SSSR count). The summed E-state index contributed by atoms with van der Waals surface area (Å²) in [7, 11) is 0. The first kappa shape index (κ1) is 13.8. The van der Waals surface area contributed by atoms with Gasteiger partial charge in [0.05, 0.1) is 5.52 Å². The number of rotatable bonds is 4. The molecule has 1 heterocycles. The van der Waals surface area contributed by atoms with Gasteiger partial charge in [-0.25, -0.2) is 0 Å². The summed E-state index contributed by atoms with van der Waals surface area (Å²) < 4.78 is 0. The minimum Gasteiger partial charge on any atom is -0.306 e. The highest BCUT2D eigenvalue weighted by molar-refractivity contribution is 5.78. The molecule has 0 saturated carbocycles. The molecular formula is C19H20N2. The van der Waals surface area contributed by atoms with Crippen LogP contribution in [0.15, 0.2) is 60.8 Å². The summed E-state index contributed by atoms with van der Waals surface area (Å²) in [5.74, 6) is 0. The maximum Gasteiger partial charge on any atom is 0.0702 e. The van der Waals surface area contributed by atoms with Crippen molar-refractivity contribution in [1.82, 2.24) is 10.3 Å². The van der Waals surface area contributed by atoms with E-state index in [1.165, 1.54) is 22.1 Å². The van der Waals surface area contributed by atoms with Crippen LogP contribution >= 0.6 is 0 Å². The molecule has 2 nitrogen and oxygen atoms in total. The largest absolute Gasteiger partial charge is 0.306 e. The van der Waals surface area contributed by atoms with Crippen LogP contribution < -0.4 is 5.32 Å². The van der Waals surface area contributed by atoms with Crippen molar-refractivity contribution in [1.29, 1.82) is 0 Å². The molecule has 106 valence electrons. The molecular weight excluding hydrogens is 256 g/mol. The van der Waals surface area contributed by atoms with Crippen molar-refractivity contribution < 1.29 is 0 Å². The third kappa shape index (κ3) is 3.29. The fraction of sp³-hybridized carbons (Fsp3) is 0.211. The lowest BCUT2D eigenvalue weighted by atomic mass is 10.1. The van der Waals surface area contributed by atoms with Crippen molar-refractivity contribution in [2.75, 3.05) is 0 Å². The maximum atomic E-state index is 4.35. The average molecular weight is 276 g/mol. The van der Waals surface area contributed by atoms with E-state index in [1.807, 2.05) is 12.3 Å². The second-order valence-corrected chi connectivity index (χ2v) is 5.54. The predicted molar refractivity (Wildman–Crippen MR) is 88.2 cm³/mol. The van der Waals surface area contributed by atoms with Crippen LogP contribution in [0, 0.1) is 6.92 Å². The van der Waals surface area contributed by atoms with Crippen molar-refractivity contribution in [2.45, 2.75) is 26.4 Å². The number of hydrogen-bond donors (Lipinski definition) is 1. The standard InChI is InChI=1S/C19H20N2/c1-14-5-8-17(9-6-14)15(2)21-13-16-7-10-19-18(12-16)4-3-11-20-19/h3-12,15,21H,13H2,1-2H3/t15-/m1/s1. The first-order chi connectivity index (χ1) is 10.2. The maximum absolute atomic E-state index is 4.35. The Hall–Kier alpha value is -2.19. The number of benzene rings is 2. The van der Waals surface area contributed by atoms with Crippen molar-refractivity contribution >= 4 is 10.9 Å². The second-order valence-electron chi connectivity index (χ2n) is 5.54. The van der Waals surface area contributed by atoms with Crippen LogP contribution in [0.5, 0.6) is 0 Å². The normalized spacial score (nSPS) is 12.5. The smallest absolute Gasteiger partial charge is 0.0702 e. The van der Waals surface area contributed by atoms with Gasteiger partial charge in [-0.05, 0) is 43.2 Å².